The van der Waals surface area contributed by atoms with Crippen LogP contribution in [0.2, 0.25) is 0 Å². The standard InChI is InChI=1S/C16H23NO2/c1-5-6-12-14(13-10-8-7-9-11-13)17-15(18)19-16(2,3)4/h7-12H,5-6H2,1-4H3,(H,17,18). The van der Waals surface area contributed by atoms with E-state index < -0.39 is 11.7 Å². The topological polar surface area (TPSA) is 38.3 Å². The Hall–Kier alpha value is -1.77. The fourth-order valence-corrected chi connectivity index (χ4v) is 1.56. The maximum Gasteiger partial charge on any atom is 0.412 e. The second kappa shape index (κ2) is 6.98. The van der Waals surface area contributed by atoms with E-state index in [1.54, 1.807) is 0 Å². The van der Waals surface area contributed by atoms with Crippen molar-refractivity contribution in [1.29, 1.82) is 0 Å². The van der Waals surface area contributed by atoms with Gasteiger partial charge in [-0.05, 0) is 32.8 Å². The first-order chi connectivity index (χ1) is 8.92. The van der Waals surface area contributed by atoms with Gasteiger partial charge < -0.3 is 4.74 Å². The molecular formula is C16H23NO2. The third-order valence-corrected chi connectivity index (χ3v) is 2.36. The summed E-state index contributed by atoms with van der Waals surface area (Å²) in [6.45, 7) is 7.66. The Labute approximate surface area is 115 Å². The van der Waals surface area contributed by atoms with Crippen LogP contribution in [0.25, 0.3) is 5.70 Å². The lowest BCUT2D eigenvalue weighted by Gasteiger charge is -2.20. The molecule has 0 heterocycles. The highest BCUT2D eigenvalue weighted by molar-refractivity contribution is 5.81. The summed E-state index contributed by atoms with van der Waals surface area (Å²) in [6.07, 6.45) is 3.56. The fourth-order valence-electron chi connectivity index (χ4n) is 1.56. The Morgan fingerprint density at radius 2 is 1.89 bits per heavy atom. The van der Waals surface area contributed by atoms with Gasteiger partial charge >= 0.3 is 6.09 Å². The predicted octanol–water partition coefficient (Wildman–Crippen LogP) is 4.35. The molecule has 0 saturated carbocycles. The number of benzene rings is 1. The van der Waals surface area contributed by atoms with Crippen molar-refractivity contribution in [3.05, 3.63) is 42.0 Å². The number of alkyl carbamates (subject to hydrolysis) is 1. The minimum Gasteiger partial charge on any atom is -0.444 e. The smallest absolute Gasteiger partial charge is 0.412 e. The first-order valence-electron chi connectivity index (χ1n) is 6.68. The van der Waals surface area contributed by atoms with E-state index in [-0.39, 0.29) is 0 Å². The number of carbonyl (C=O) groups excluding carboxylic acids is 1. The Bertz CT molecular complexity index is 430. The van der Waals surface area contributed by atoms with Crippen molar-refractivity contribution >= 4 is 11.8 Å². The SMILES string of the molecule is CCCC=C(NC(=O)OC(C)(C)C)c1ccccc1. The van der Waals surface area contributed by atoms with Crippen LogP contribution in [0.5, 0.6) is 0 Å². The molecule has 19 heavy (non-hydrogen) atoms. The van der Waals surface area contributed by atoms with Crippen LogP contribution in [-0.4, -0.2) is 11.7 Å². The molecule has 104 valence electrons. The second-order valence-corrected chi connectivity index (χ2v) is 5.40. The molecule has 1 rings (SSSR count). The number of rotatable bonds is 4. The van der Waals surface area contributed by atoms with Gasteiger partial charge in [-0.25, -0.2) is 4.79 Å². The van der Waals surface area contributed by atoms with Crippen LogP contribution in [0.15, 0.2) is 36.4 Å². The average molecular weight is 261 g/mol. The number of ether oxygens (including phenoxy) is 1. The molecule has 1 N–H and O–H groups in total. The van der Waals surface area contributed by atoms with Gasteiger partial charge in [0.1, 0.15) is 5.60 Å². The van der Waals surface area contributed by atoms with Gasteiger partial charge in [0.2, 0.25) is 0 Å². The molecule has 0 unspecified atom stereocenters. The highest BCUT2D eigenvalue weighted by Gasteiger charge is 2.17. The Kier molecular flexibility index (Phi) is 5.61. The molecule has 1 aromatic rings. The molecule has 0 spiro atoms. The van der Waals surface area contributed by atoms with Crippen molar-refractivity contribution in [3.8, 4) is 0 Å². The van der Waals surface area contributed by atoms with E-state index in [1.807, 2.05) is 57.2 Å². The third-order valence-electron chi connectivity index (χ3n) is 2.36. The first-order valence-corrected chi connectivity index (χ1v) is 6.68. The molecule has 0 saturated heterocycles. The zero-order valence-corrected chi connectivity index (χ0v) is 12.2. The van der Waals surface area contributed by atoms with Crippen LogP contribution in [0.1, 0.15) is 46.1 Å². The zero-order chi connectivity index (χ0) is 14.3. The number of carbonyl (C=O) groups is 1. The van der Waals surface area contributed by atoms with Crippen molar-refractivity contribution in [2.45, 2.75) is 46.1 Å². The summed E-state index contributed by atoms with van der Waals surface area (Å²) in [7, 11) is 0. The number of hydrogen-bond acceptors (Lipinski definition) is 2. The Balaban J connectivity index is 2.80. The van der Waals surface area contributed by atoms with Crippen LogP contribution in [0.3, 0.4) is 0 Å². The Morgan fingerprint density at radius 1 is 1.26 bits per heavy atom. The fraction of sp³-hybridized carbons (Fsp3) is 0.438. The van der Waals surface area contributed by atoms with Gasteiger partial charge in [0.15, 0.2) is 0 Å². The summed E-state index contributed by atoms with van der Waals surface area (Å²) >= 11 is 0. The molecular weight excluding hydrogens is 238 g/mol. The van der Waals surface area contributed by atoms with Crippen LogP contribution >= 0.6 is 0 Å². The van der Waals surface area contributed by atoms with E-state index in [4.69, 9.17) is 4.74 Å². The average Bonchev–Trinajstić information content (AvgIpc) is 2.33. The first kappa shape index (κ1) is 15.3. The number of allylic oxidation sites excluding steroid dienone is 1. The van der Waals surface area contributed by atoms with Gasteiger partial charge in [0.25, 0.3) is 0 Å². The van der Waals surface area contributed by atoms with Crippen molar-refractivity contribution in [2.24, 2.45) is 0 Å². The number of unbranched alkanes of at least 4 members (excludes halogenated alkanes) is 1. The lowest BCUT2D eigenvalue weighted by Crippen LogP contribution is -2.31. The van der Waals surface area contributed by atoms with Crippen LogP contribution in [0.4, 0.5) is 4.79 Å². The quantitative estimate of drug-likeness (QED) is 0.875. The van der Waals surface area contributed by atoms with Gasteiger partial charge in [0, 0.05) is 5.70 Å². The van der Waals surface area contributed by atoms with Crippen molar-refractivity contribution < 1.29 is 9.53 Å². The number of nitrogens with one attached hydrogen (secondary N) is 1. The maximum atomic E-state index is 11.8. The van der Waals surface area contributed by atoms with E-state index in [1.165, 1.54) is 0 Å². The molecule has 0 atom stereocenters. The monoisotopic (exact) mass is 261 g/mol. The largest absolute Gasteiger partial charge is 0.444 e. The van der Waals surface area contributed by atoms with E-state index in [0.29, 0.717) is 0 Å². The van der Waals surface area contributed by atoms with E-state index in [2.05, 4.69) is 12.2 Å². The van der Waals surface area contributed by atoms with Gasteiger partial charge in [0.05, 0.1) is 0 Å². The van der Waals surface area contributed by atoms with Crippen LogP contribution in [-0.2, 0) is 4.74 Å². The summed E-state index contributed by atoms with van der Waals surface area (Å²) in [5, 5.41) is 2.82. The highest BCUT2D eigenvalue weighted by Crippen LogP contribution is 2.14. The van der Waals surface area contributed by atoms with Crippen molar-refractivity contribution in [2.75, 3.05) is 0 Å². The molecule has 0 aliphatic rings. The lowest BCUT2D eigenvalue weighted by atomic mass is 10.1. The third kappa shape index (κ3) is 6.09. The van der Waals surface area contributed by atoms with Crippen LogP contribution in [0, 0.1) is 0 Å². The Morgan fingerprint density at radius 3 is 2.42 bits per heavy atom. The predicted molar refractivity (Wildman–Crippen MR) is 78.7 cm³/mol. The van der Waals surface area contributed by atoms with Crippen molar-refractivity contribution in [3.63, 3.8) is 0 Å². The molecule has 1 aromatic carbocycles. The van der Waals surface area contributed by atoms with Crippen LogP contribution < -0.4 is 5.32 Å². The van der Waals surface area contributed by atoms with Crippen molar-refractivity contribution in [1.82, 2.24) is 5.32 Å². The molecule has 3 nitrogen and oxygen atoms in total. The summed E-state index contributed by atoms with van der Waals surface area (Å²) in [6, 6.07) is 9.80. The normalized spacial score (nSPS) is 12.1. The summed E-state index contributed by atoms with van der Waals surface area (Å²) in [5.41, 5.74) is 1.30. The maximum absolute atomic E-state index is 11.8. The van der Waals surface area contributed by atoms with E-state index >= 15 is 0 Å². The lowest BCUT2D eigenvalue weighted by molar-refractivity contribution is 0.0558. The van der Waals surface area contributed by atoms with Gasteiger partial charge in [-0.2, -0.15) is 0 Å². The number of amides is 1. The highest BCUT2D eigenvalue weighted by atomic mass is 16.6. The van der Waals surface area contributed by atoms with Gasteiger partial charge in [-0.3, -0.25) is 5.32 Å². The molecule has 0 fully saturated rings. The van der Waals surface area contributed by atoms with Gasteiger partial charge in [-0.1, -0.05) is 49.8 Å². The van der Waals surface area contributed by atoms with E-state index in [9.17, 15) is 4.79 Å². The molecule has 0 bridgehead atoms. The molecule has 1 amide bonds. The van der Waals surface area contributed by atoms with Gasteiger partial charge in [-0.15, -0.1) is 0 Å². The minimum absolute atomic E-state index is 0.418. The molecule has 3 heteroatoms. The zero-order valence-electron chi connectivity index (χ0n) is 12.2. The number of hydrogen-bond donors (Lipinski definition) is 1. The summed E-state index contributed by atoms with van der Waals surface area (Å²) in [4.78, 5) is 11.8. The molecule has 0 aliphatic carbocycles. The molecule has 0 radical (unpaired) electrons. The second-order valence-electron chi connectivity index (χ2n) is 5.40. The summed E-state index contributed by atoms with van der Waals surface area (Å²) < 4.78 is 5.28. The molecule has 0 aliphatic heterocycles. The van der Waals surface area contributed by atoms with E-state index in [0.717, 1.165) is 24.1 Å². The minimum atomic E-state index is -0.489. The summed E-state index contributed by atoms with van der Waals surface area (Å²) in [5.74, 6) is 0. The molecule has 0 aromatic heterocycles.